The lowest BCUT2D eigenvalue weighted by Gasteiger charge is -2.12. The molecule has 0 saturated carbocycles. The molecule has 0 saturated heterocycles. The predicted molar refractivity (Wildman–Crippen MR) is 80.4 cm³/mol. The molecule has 2 rings (SSSR count). The molecule has 0 bridgehead atoms. The summed E-state index contributed by atoms with van der Waals surface area (Å²) in [5, 5.41) is 0.702. The minimum atomic E-state index is 0.126. The Kier molecular flexibility index (Phi) is 4.94. The summed E-state index contributed by atoms with van der Waals surface area (Å²) in [6.07, 6.45) is 6.19. The Hall–Kier alpha value is -1.38. The molecule has 0 aliphatic carbocycles. The molecule has 1 unspecified atom stereocenters. The Labute approximate surface area is 119 Å². The van der Waals surface area contributed by atoms with Crippen LogP contribution in [0.4, 0.5) is 0 Å². The van der Waals surface area contributed by atoms with Gasteiger partial charge in [0.2, 0.25) is 0 Å². The number of hydrogen-bond donors (Lipinski definition) is 1. The first kappa shape index (κ1) is 14.0. The smallest absolute Gasteiger partial charge is 0.0621 e. The van der Waals surface area contributed by atoms with E-state index in [1.807, 2.05) is 6.07 Å². The maximum Gasteiger partial charge on any atom is 0.0621 e. The van der Waals surface area contributed by atoms with Gasteiger partial charge in [-0.1, -0.05) is 41.4 Å². The number of pyridine rings is 1. The Morgan fingerprint density at radius 2 is 1.95 bits per heavy atom. The first-order chi connectivity index (χ1) is 9.15. The van der Waals surface area contributed by atoms with Gasteiger partial charge in [0.05, 0.1) is 5.02 Å². The summed E-state index contributed by atoms with van der Waals surface area (Å²) < 4.78 is 0. The monoisotopic (exact) mass is 274 g/mol. The maximum absolute atomic E-state index is 6.17. The Bertz CT molecular complexity index is 523. The average Bonchev–Trinajstić information content (AvgIpc) is 2.41. The first-order valence-corrected chi connectivity index (χ1v) is 6.92. The number of aromatic nitrogens is 1. The number of rotatable bonds is 5. The molecular formula is C16H19ClN2. The highest BCUT2D eigenvalue weighted by atomic mass is 35.5. The van der Waals surface area contributed by atoms with Gasteiger partial charge in [-0.2, -0.15) is 0 Å². The molecular weight excluding hydrogens is 256 g/mol. The van der Waals surface area contributed by atoms with Gasteiger partial charge < -0.3 is 5.73 Å². The van der Waals surface area contributed by atoms with Crippen molar-refractivity contribution in [1.82, 2.24) is 4.98 Å². The van der Waals surface area contributed by atoms with E-state index in [4.69, 9.17) is 17.3 Å². The molecule has 0 aliphatic heterocycles. The topological polar surface area (TPSA) is 38.9 Å². The van der Waals surface area contributed by atoms with E-state index in [1.54, 1.807) is 12.4 Å². The van der Waals surface area contributed by atoms with Crippen LogP contribution in [0.25, 0.3) is 0 Å². The van der Waals surface area contributed by atoms with E-state index < -0.39 is 0 Å². The van der Waals surface area contributed by atoms with Crippen LogP contribution >= 0.6 is 11.6 Å². The van der Waals surface area contributed by atoms with Crippen LogP contribution in [0.15, 0.2) is 42.7 Å². The van der Waals surface area contributed by atoms with Crippen molar-refractivity contribution in [2.45, 2.75) is 32.2 Å². The zero-order chi connectivity index (χ0) is 13.7. The van der Waals surface area contributed by atoms with E-state index in [2.05, 4.69) is 36.2 Å². The standard InChI is InChI=1S/C16H19ClN2/c1-12-2-4-13(5-3-12)6-7-15(18)10-14-8-9-19-11-16(14)17/h2-5,8-9,11,15H,6-7,10,18H2,1H3. The largest absolute Gasteiger partial charge is 0.327 e. The maximum atomic E-state index is 6.17. The Balaban J connectivity index is 1.86. The van der Waals surface area contributed by atoms with Crippen LogP contribution in [0.5, 0.6) is 0 Å². The highest BCUT2D eigenvalue weighted by Crippen LogP contribution is 2.16. The molecule has 2 nitrogen and oxygen atoms in total. The molecule has 1 aromatic carbocycles. The van der Waals surface area contributed by atoms with Gasteiger partial charge in [0.15, 0.2) is 0 Å². The molecule has 2 N–H and O–H groups in total. The molecule has 1 aromatic heterocycles. The van der Waals surface area contributed by atoms with Crippen LogP contribution in [0, 0.1) is 6.92 Å². The number of hydrogen-bond acceptors (Lipinski definition) is 2. The third kappa shape index (κ3) is 4.34. The van der Waals surface area contributed by atoms with Crippen LogP contribution in [0.3, 0.4) is 0 Å². The lowest BCUT2D eigenvalue weighted by molar-refractivity contribution is 0.610. The molecule has 0 radical (unpaired) electrons. The molecule has 19 heavy (non-hydrogen) atoms. The van der Waals surface area contributed by atoms with Crippen LogP contribution in [-0.2, 0) is 12.8 Å². The van der Waals surface area contributed by atoms with Crippen molar-refractivity contribution in [3.05, 3.63) is 64.4 Å². The first-order valence-electron chi connectivity index (χ1n) is 6.54. The van der Waals surface area contributed by atoms with Gasteiger partial charge in [0.1, 0.15) is 0 Å². The molecule has 1 atom stereocenters. The van der Waals surface area contributed by atoms with Crippen molar-refractivity contribution >= 4 is 11.6 Å². The van der Waals surface area contributed by atoms with Gasteiger partial charge in [-0.25, -0.2) is 0 Å². The fourth-order valence-corrected chi connectivity index (χ4v) is 2.26. The molecule has 100 valence electrons. The normalized spacial score (nSPS) is 12.4. The van der Waals surface area contributed by atoms with E-state index in [0.717, 1.165) is 24.8 Å². The summed E-state index contributed by atoms with van der Waals surface area (Å²) in [6.45, 7) is 2.10. The van der Waals surface area contributed by atoms with Gasteiger partial charge in [0, 0.05) is 18.4 Å². The summed E-state index contributed by atoms with van der Waals surface area (Å²) in [7, 11) is 0. The van der Waals surface area contributed by atoms with Gasteiger partial charge in [-0.3, -0.25) is 4.98 Å². The van der Waals surface area contributed by atoms with Crippen molar-refractivity contribution in [2.24, 2.45) is 5.73 Å². The van der Waals surface area contributed by atoms with Gasteiger partial charge in [-0.05, 0) is 43.4 Å². The fourth-order valence-electron chi connectivity index (χ4n) is 2.06. The minimum Gasteiger partial charge on any atom is -0.327 e. The van der Waals surface area contributed by atoms with Gasteiger partial charge in [-0.15, -0.1) is 0 Å². The van der Waals surface area contributed by atoms with Crippen molar-refractivity contribution < 1.29 is 0 Å². The van der Waals surface area contributed by atoms with E-state index in [1.165, 1.54) is 11.1 Å². The highest BCUT2D eigenvalue weighted by Gasteiger charge is 2.07. The van der Waals surface area contributed by atoms with Crippen molar-refractivity contribution in [2.75, 3.05) is 0 Å². The predicted octanol–water partition coefficient (Wildman–Crippen LogP) is 3.55. The van der Waals surface area contributed by atoms with Crippen LogP contribution in [0.2, 0.25) is 5.02 Å². The molecule has 1 heterocycles. The number of halogens is 1. The summed E-state index contributed by atoms with van der Waals surface area (Å²) >= 11 is 6.08. The highest BCUT2D eigenvalue weighted by molar-refractivity contribution is 6.31. The van der Waals surface area contributed by atoms with Crippen molar-refractivity contribution in [1.29, 1.82) is 0 Å². The minimum absolute atomic E-state index is 0.126. The van der Waals surface area contributed by atoms with E-state index in [-0.39, 0.29) is 6.04 Å². The van der Waals surface area contributed by atoms with E-state index >= 15 is 0 Å². The summed E-state index contributed by atoms with van der Waals surface area (Å²) in [4.78, 5) is 3.98. The molecule has 3 heteroatoms. The van der Waals surface area contributed by atoms with Crippen LogP contribution in [-0.4, -0.2) is 11.0 Å². The van der Waals surface area contributed by atoms with Crippen molar-refractivity contribution in [3.8, 4) is 0 Å². The van der Waals surface area contributed by atoms with E-state index in [0.29, 0.717) is 5.02 Å². The molecule has 0 spiro atoms. The summed E-state index contributed by atoms with van der Waals surface area (Å²) in [5.41, 5.74) is 9.87. The van der Waals surface area contributed by atoms with Gasteiger partial charge >= 0.3 is 0 Å². The second kappa shape index (κ2) is 6.69. The Morgan fingerprint density at radius 3 is 2.63 bits per heavy atom. The lowest BCUT2D eigenvalue weighted by Crippen LogP contribution is -2.23. The Morgan fingerprint density at radius 1 is 1.21 bits per heavy atom. The number of benzene rings is 1. The third-order valence-corrected chi connectivity index (χ3v) is 3.60. The molecule has 0 fully saturated rings. The summed E-state index contributed by atoms with van der Waals surface area (Å²) in [5.74, 6) is 0. The fraction of sp³-hybridized carbons (Fsp3) is 0.312. The van der Waals surface area contributed by atoms with E-state index in [9.17, 15) is 0 Å². The molecule has 2 aromatic rings. The number of nitrogens with two attached hydrogens (primary N) is 1. The number of nitrogens with zero attached hydrogens (tertiary/aromatic N) is 1. The molecule has 0 aliphatic rings. The summed E-state index contributed by atoms with van der Waals surface area (Å²) in [6, 6.07) is 10.7. The zero-order valence-corrected chi connectivity index (χ0v) is 11.9. The van der Waals surface area contributed by atoms with Crippen LogP contribution < -0.4 is 5.73 Å². The second-order valence-corrected chi connectivity index (χ2v) is 5.36. The second-order valence-electron chi connectivity index (χ2n) is 4.96. The SMILES string of the molecule is Cc1ccc(CCC(N)Cc2ccncc2Cl)cc1. The lowest BCUT2D eigenvalue weighted by atomic mass is 10.00. The van der Waals surface area contributed by atoms with Gasteiger partial charge in [0.25, 0.3) is 0 Å². The average molecular weight is 275 g/mol. The van der Waals surface area contributed by atoms with Crippen LogP contribution in [0.1, 0.15) is 23.1 Å². The zero-order valence-electron chi connectivity index (χ0n) is 11.1. The van der Waals surface area contributed by atoms with Crippen molar-refractivity contribution in [3.63, 3.8) is 0 Å². The quantitative estimate of drug-likeness (QED) is 0.906. The number of aryl methyl sites for hydroxylation is 2. The third-order valence-electron chi connectivity index (χ3n) is 3.26. The molecule has 0 amide bonds.